The molecule has 0 bridgehead atoms. The molecule has 13 nitrogen and oxygen atoms in total. The topological polar surface area (TPSA) is 187 Å². The third kappa shape index (κ3) is 4.30. The predicted molar refractivity (Wildman–Crippen MR) is 149 cm³/mol. The molecule has 1 aromatic rings. The quantitative estimate of drug-likeness (QED) is 0.210. The number of hydrogen-bond donors (Lipinski definition) is 1. The molecule has 1 aliphatic heterocycles. The lowest BCUT2D eigenvalue weighted by molar-refractivity contribution is -0.393. The van der Waals surface area contributed by atoms with Gasteiger partial charge in [0, 0.05) is 43.3 Å². The van der Waals surface area contributed by atoms with Crippen LogP contribution in [0.1, 0.15) is 69.2 Å². The van der Waals surface area contributed by atoms with Gasteiger partial charge in [-0.2, -0.15) is 0 Å². The Kier molecular flexibility index (Phi) is 6.60. The molecule has 3 saturated carbocycles. The average molecular weight is 596 g/mol. The number of nitro benzene ring substituents is 2. The van der Waals surface area contributed by atoms with Crippen molar-refractivity contribution in [3.8, 4) is 0 Å². The first kappa shape index (κ1) is 29.1. The van der Waals surface area contributed by atoms with Crippen molar-refractivity contribution in [2.75, 3.05) is 24.6 Å². The summed E-state index contributed by atoms with van der Waals surface area (Å²) in [4.78, 5) is 75.6. The molecular formula is C30H33N3O10. The molecule has 6 rings (SSSR count). The fraction of sp³-hybridized carbons (Fsp3) is 0.600. The summed E-state index contributed by atoms with van der Waals surface area (Å²) in [6.45, 7) is 3.75. The van der Waals surface area contributed by atoms with E-state index in [1.165, 1.54) is 4.90 Å². The molecule has 0 amide bonds. The summed E-state index contributed by atoms with van der Waals surface area (Å²) < 4.78 is 5.27. The molecule has 4 fully saturated rings. The van der Waals surface area contributed by atoms with E-state index >= 15 is 0 Å². The Labute approximate surface area is 246 Å². The summed E-state index contributed by atoms with van der Waals surface area (Å²) in [6, 6.07) is 1.67. The summed E-state index contributed by atoms with van der Waals surface area (Å²) in [5.41, 5.74) is -4.26. The first-order valence-corrected chi connectivity index (χ1v) is 14.6. The monoisotopic (exact) mass is 595 g/mol. The average Bonchev–Trinajstić information content (AvgIpc) is 3.75. The molecule has 6 atom stereocenters. The molecule has 1 saturated heterocycles. The predicted octanol–water partition coefficient (Wildman–Crippen LogP) is 3.49. The van der Waals surface area contributed by atoms with Crippen LogP contribution in [0.15, 0.2) is 23.8 Å². The van der Waals surface area contributed by atoms with Crippen LogP contribution in [-0.2, 0) is 19.1 Å². The van der Waals surface area contributed by atoms with E-state index in [-0.39, 0.29) is 47.8 Å². The van der Waals surface area contributed by atoms with Gasteiger partial charge in [0.2, 0.25) is 5.78 Å². The highest BCUT2D eigenvalue weighted by Gasteiger charge is 2.68. The smallest absolute Gasteiger partial charge is 0.341 e. The van der Waals surface area contributed by atoms with Gasteiger partial charge < -0.3 is 14.7 Å². The Hall–Kier alpha value is -4.00. The van der Waals surface area contributed by atoms with E-state index in [0.717, 1.165) is 17.7 Å². The fourth-order valence-electron chi connectivity index (χ4n) is 8.78. The van der Waals surface area contributed by atoms with Gasteiger partial charge in [-0.3, -0.25) is 34.6 Å². The van der Waals surface area contributed by atoms with Crippen molar-refractivity contribution in [2.45, 2.75) is 64.4 Å². The molecular weight excluding hydrogens is 562 g/mol. The molecule has 43 heavy (non-hydrogen) atoms. The number of ether oxygens (including phenoxy) is 1. The van der Waals surface area contributed by atoms with Crippen LogP contribution in [0.25, 0.3) is 0 Å². The molecule has 1 N–H and O–H groups in total. The van der Waals surface area contributed by atoms with Crippen LogP contribution >= 0.6 is 0 Å². The maximum absolute atomic E-state index is 13.8. The number of hydrogen-bond acceptors (Lipinski definition) is 11. The second-order valence-corrected chi connectivity index (χ2v) is 13.2. The zero-order chi connectivity index (χ0) is 31.1. The lowest BCUT2D eigenvalue weighted by atomic mass is 9.46. The van der Waals surface area contributed by atoms with Crippen molar-refractivity contribution in [3.63, 3.8) is 0 Å². The summed E-state index contributed by atoms with van der Waals surface area (Å²) in [6.07, 6.45) is 4.61. The minimum absolute atomic E-state index is 0.0258. The SMILES string of the molecule is C[C@]12CCC(=O)C=C1CC[C@@H]1[C@@H]2C(=O)C[C@@]2(C)[C@H]1CC[C@@]2(O)C(=O)COC(=O)c1cc([N+](=O)[O-])cc([N+](=O)[O-])c1N1CC1. The zero-order valence-corrected chi connectivity index (χ0v) is 24.0. The minimum atomic E-state index is -1.95. The van der Waals surface area contributed by atoms with Crippen LogP contribution in [0.3, 0.4) is 0 Å². The second kappa shape index (κ2) is 9.76. The van der Waals surface area contributed by atoms with Gasteiger partial charge in [-0.15, -0.1) is 0 Å². The number of anilines is 1. The van der Waals surface area contributed by atoms with Gasteiger partial charge >= 0.3 is 5.97 Å². The van der Waals surface area contributed by atoms with Gasteiger partial charge in [0.05, 0.1) is 21.5 Å². The van der Waals surface area contributed by atoms with Gasteiger partial charge in [-0.1, -0.05) is 19.4 Å². The summed E-state index contributed by atoms with van der Waals surface area (Å²) in [5, 5.41) is 35.0. The lowest BCUT2D eigenvalue weighted by Crippen LogP contribution is -2.61. The van der Waals surface area contributed by atoms with Crippen LogP contribution in [-0.4, -0.2) is 63.6 Å². The van der Waals surface area contributed by atoms with E-state index in [4.69, 9.17) is 4.74 Å². The number of carbonyl (C=O) groups is 4. The summed E-state index contributed by atoms with van der Waals surface area (Å²) in [7, 11) is 0. The Balaban J connectivity index is 1.24. The number of rotatable bonds is 7. The Morgan fingerprint density at radius 2 is 1.79 bits per heavy atom. The van der Waals surface area contributed by atoms with E-state index in [2.05, 4.69) is 6.92 Å². The van der Waals surface area contributed by atoms with Gasteiger partial charge in [0.15, 0.2) is 12.4 Å². The van der Waals surface area contributed by atoms with Gasteiger partial charge in [0.25, 0.3) is 11.4 Å². The van der Waals surface area contributed by atoms with Crippen molar-refractivity contribution in [1.82, 2.24) is 0 Å². The number of fused-ring (bicyclic) bond motifs is 5. The zero-order valence-electron chi connectivity index (χ0n) is 24.0. The Bertz CT molecular complexity index is 1530. The van der Waals surface area contributed by atoms with Crippen molar-refractivity contribution in [3.05, 3.63) is 49.6 Å². The minimum Gasteiger partial charge on any atom is -0.454 e. The highest BCUT2D eigenvalue weighted by Crippen LogP contribution is 2.66. The fourth-order valence-corrected chi connectivity index (χ4v) is 8.78. The number of nitrogens with zero attached hydrogens (tertiary/aromatic N) is 3. The molecule has 1 aromatic carbocycles. The largest absolute Gasteiger partial charge is 0.454 e. The van der Waals surface area contributed by atoms with Crippen LogP contribution in [0.5, 0.6) is 0 Å². The van der Waals surface area contributed by atoms with Crippen LogP contribution in [0.2, 0.25) is 0 Å². The second-order valence-electron chi connectivity index (χ2n) is 13.2. The summed E-state index contributed by atoms with van der Waals surface area (Å²) >= 11 is 0. The highest BCUT2D eigenvalue weighted by atomic mass is 16.6. The van der Waals surface area contributed by atoms with E-state index in [0.29, 0.717) is 45.2 Å². The first-order valence-electron chi connectivity index (χ1n) is 14.6. The number of allylic oxidation sites excluding steroid dienone is 1. The number of carbonyl (C=O) groups excluding carboxylic acids is 4. The van der Waals surface area contributed by atoms with E-state index in [9.17, 15) is 44.5 Å². The molecule has 0 spiro atoms. The van der Waals surface area contributed by atoms with E-state index < -0.39 is 61.6 Å². The number of benzene rings is 1. The third-order valence-electron chi connectivity index (χ3n) is 11.1. The van der Waals surface area contributed by atoms with Crippen molar-refractivity contribution >= 4 is 40.4 Å². The van der Waals surface area contributed by atoms with Gasteiger partial charge in [-0.05, 0) is 55.4 Å². The third-order valence-corrected chi connectivity index (χ3v) is 11.1. The van der Waals surface area contributed by atoms with Crippen molar-refractivity contribution in [2.24, 2.45) is 28.6 Å². The molecule has 1 heterocycles. The van der Waals surface area contributed by atoms with Gasteiger partial charge in [-0.25, -0.2) is 4.79 Å². The van der Waals surface area contributed by atoms with Crippen LogP contribution in [0.4, 0.5) is 17.1 Å². The number of Topliss-reactive ketones (excluding diaryl/α,β-unsaturated/α-hetero) is 2. The van der Waals surface area contributed by atoms with Crippen LogP contribution in [0, 0.1) is 48.8 Å². The maximum Gasteiger partial charge on any atom is 0.341 e. The maximum atomic E-state index is 13.8. The van der Waals surface area contributed by atoms with Crippen LogP contribution < -0.4 is 4.90 Å². The number of aliphatic hydroxyl groups is 1. The number of nitro groups is 2. The lowest BCUT2D eigenvalue weighted by Gasteiger charge is -2.57. The highest BCUT2D eigenvalue weighted by molar-refractivity contribution is 6.02. The molecule has 228 valence electrons. The number of non-ortho nitro benzene ring substituents is 1. The molecule has 0 aromatic heterocycles. The van der Waals surface area contributed by atoms with E-state index in [1.54, 1.807) is 13.0 Å². The molecule has 5 aliphatic rings. The molecule has 0 unspecified atom stereocenters. The first-order chi connectivity index (χ1) is 20.2. The molecule has 4 aliphatic carbocycles. The number of ketones is 3. The normalized spacial score (nSPS) is 34.4. The molecule has 13 heteroatoms. The standard InChI is InChI=1S/C30H33N3O10/c1-28-7-5-18(34)11-16(28)3-4-19-21-6-8-30(38,29(21,2)14-23(35)25(19)28)24(36)15-43-27(37)20-12-17(32(39)40)13-22(33(41)42)26(20)31-9-10-31/h11-13,19,21,25,38H,3-10,14-15H2,1-2H3/t19-,21-,25+,28-,29-,30+/m0/s1. The number of esters is 1. The van der Waals surface area contributed by atoms with Gasteiger partial charge in [0.1, 0.15) is 17.1 Å². The summed E-state index contributed by atoms with van der Waals surface area (Å²) in [5.74, 6) is -2.39. The Morgan fingerprint density at radius 3 is 2.44 bits per heavy atom. The molecule has 0 radical (unpaired) electrons. The Morgan fingerprint density at radius 1 is 1.07 bits per heavy atom. The van der Waals surface area contributed by atoms with Crippen molar-refractivity contribution in [1.29, 1.82) is 0 Å². The van der Waals surface area contributed by atoms with Crippen molar-refractivity contribution < 1.29 is 38.9 Å². The van der Waals surface area contributed by atoms with E-state index in [1.807, 2.05) is 0 Å².